The average molecular weight is 361 g/mol. The van der Waals surface area contributed by atoms with E-state index in [-0.39, 0.29) is 29.8 Å². The molecule has 1 aromatic carbocycles. The summed E-state index contributed by atoms with van der Waals surface area (Å²) in [5.74, 6) is 0.359. The van der Waals surface area contributed by atoms with Gasteiger partial charge in [-0.25, -0.2) is 0 Å². The molecule has 0 N–H and O–H groups in total. The number of benzene rings is 1. The molecule has 25 heavy (non-hydrogen) atoms. The highest BCUT2D eigenvalue weighted by Gasteiger charge is 2.64. The second-order valence-electron chi connectivity index (χ2n) is 7.71. The zero-order chi connectivity index (χ0) is 17.1. The van der Waals surface area contributed by atoms with Crippen molar-refractivity contribution in [2.24, 2.45) is 23.7 Å². The summed E-state index contributed by atoms with van der Waals surface area (Å²) < 4.78 is 5.46. The number of esters is 1. The van der Waals surface area contributed by atoms with Crippen molar-refractivity contribution in [2.75, 3.05) is 31.1 Å². The molecule has 5 nitrogen and oxygen atoms in total. The molecule has 2 aliphatic carbocycles. The van der Waals surface area contributed by atoms with Crippen molar-refractivity contribution < 1.29 is 14.3 Å². The Balaban J connectivity index is 1.26. The van der Waals surface area contributed by atoms with Crippen LogP contribution in [-0.4, -0.2) is 49.1 Å². The topological polar surface area (TPSA) is 49.9 Å². The minimum Gasteiger partial charge on any atom is -0.462 e. The summed E-state index contributed by atoms with van der Waals surface area (Å²) in [5, 5.41) is 0.732. The number of amides is 1. The summed E-state index contributed by atoms with van der Waals surface area (Å²) in [6, 6.07) is 7.83. The van der Waals surface area contributed by atoms with Gasteiger partial charge in [-0.05, 0) is 43.0 Å². The van der Waals surface area contributed by atoms with Gasteiger partial charge in [-0.15, -0.1) is 0 Å². The molecule has 1 amide bonds. The number of rotatable bonds is 2. The predicted octanol–water partition coefficient (Wildman–Crippen LogP) is 2.19. The summed E-state index contributed by atoms with van der Waals surface area (Å²) in [7, 11) is 0. The van der Waals surface area contributed by atoms with Crippen molar-refractivity contribution in [1.29, 1.82) is 0 Å². The van der Waals surface area contributed by atoms with Gasteiger partial charge >= 0.3 is 5.97 Å². The second-order valence-corrected chi connectivity index (χ2v) is 8.15. The molecule has 4 aliphatic rings. The molecule has 5 atom stereocenters. The third-order valence-electron chi connectivity index (χ3n) is 6.55. The monoisotopic (exact) mass is 360 g/mol. The van der Waals surface area contributed by atoms with Crippen LogP contribution in [0.4, 0.5) is 5.69 Å². The molecule has 4 fully saturated rings. The molecule has 2 heterocycles. The molecular weight excluding hydrogens is 340 g/mol. The van der Waals surface area contributed by atoms with Crippen LogP contribution in [0.1, 0.15) is 12.8 Å². The van der Waals surface area contributed by atoms with E-state index in [1.54, 1.807) is 0 Å². The second kappa shape index (κ2) is 5.63. The number of hydrogen-bond donors (Lipinski definition) is 0. The van der Waals surface area contributed by atoms with Crippen molar-refractivity contribution >= 4 is 29.2 Å². The molecule has 2 aliphatic heterocycles. The van der Waals surface area contributed by atoms with Crippen LogP contribution in [0.5, 0.6) is 0 Å². The maximum Gasteiger partial charge on any atom is 0.310 e. The Labute approximate surface area is 151 Å². The van der Waals surface area contributed by atoms with E-state index in [1.807, 2.05) is 29.2 Å². The Kier molecular flexibility index (Phi) is 3.49. The first kappa shape index (κ1) is 15.5. The van der Waals surface area contributed by atoms with E-state index in [0.29, 0.717) is 24.9 Å². The lowest BCUT2D eigenvalue weighted by Crippen LogP contribution is -2.52. The maximum absolute atomic E-state index is 13.1. The van der Waals surface area contributed by atoms with E-state index >= 15 is 0 Å². The summed E-state index contributed by atoms with van der Waals surface area (Å²) in [4.78, 5) is 29.5. The average Bonchev–Trinajstić information content (AvgIpc) is 3.24. The number of fused-ring (bicyclic) bond motifs is 1. The molecule has 0 spiro atoms. The van der Waals surface area contributed by atoms with E-state index in [2.05, 4.69) is 4.90 Å². The smallest absolute Gasteiger partial charge is 0.310 e. The van der Waals surface area contributed by atoms with Crippen LogP contribution < -0.4 is 4.90 Å². The normalized spacial score (nSPS) is 36.0. The summed E-state index contributed by atoms with van der Waals surface area (Å²) in [5.41, 5.74) is 1.14. The number of carbonyl (C=O) groups is 2. The number of piperazine rings is 1. The molecule has 132 valence electrons. The lowest BCUT2D eigenvalue weighted by Gasteiger charge is -2.38. The summed E-state index contributed by atoms with van der Waals surface area (Å²) >= 11 is 5.95. The fraction of sp³-hybridized carbons (Fsp3) is 0.579. The Morgan fingerprint density at radius 3 is 2.52 bits per heavy atom. The van der Waals surface area contributed by atoms with Crippen LogP contribution in [0.15, 0.2) is 24.3 Å². The van der Waals surface area contributed by atoms with E-state index < -0.39 is 0 Å². The molecule has 6 heteroatoms. The highest BCUT2D eigenvalue weighted by molar-refractivity contribution is 6.30. The van der Waals surface area contributed by atoms with Gasteiger partial charge in [-0.3, -0.25) is 9.59 Å². The molecule has 0 radical (unpaired) electrons. The van der Waals surface area contributed by atoms with E-state index in [9.17, 15) is 9.59 Å². The zero-order valence-electron chi connectivity index (χ0n) is 13.9. The largest absolute Gasteiger partial charge is 0.462 e. The number of carbonyl (C=O) groups excluding carboxylic acids is 2. The van der Waals surface area contributed by atoms with Gasteiger partial charge in [0.15, 0.2) is 0 Å². The van der Waals surface area contributed by atoms with Crippen LogP contribution in [0, 0.1) is 23.7 Å². The van der Waals surface area contributed by atoms with Gasteiger partial charge in [0.05, 0.1) is 11.8 Å². The summed E-state index contributed by atoms with van der Waals surface area (Å²) in [6.07, 6.45) is 1.96. The van der Waals surface area contributed by atoms with Gasteiger partial charge in [0, 0.05) is 42.8 Å². The standard InChI is InChI=1S/C19H21ClN2O3/c20-12-1-3-13(4-2-12)21-5-7-22(8-6-21)18(23)16-11-9-14-15(10-11)25-19(24)17(14)16/h1-4,11,14-17H,5-10H2/t11-,14+,15-,16+,17-/m1/s1. The number of anilines is 1. The highest BCUT2D eigenvalue weighted by atomic mass is 35.5. The van der Waals surface area contributed by atoms with Crippen molar-refractivity contribution in [2.45, 2.75) is 18.9 Å². The number of hydrogen-bond acceptors (Lipinski definition) is 4. The third kappa shape index (κ3) is 2.35. The SMILES string of the molecule is O=C1O[C@@H]2C[C@H]3C[C@@H]2[C@@H]1[C@H]3C(=O)N1CCN(c2ccc(Cl)cc2)CC1. The quantitative estimate of drug-likeness (QED) is 0.759. The number of ether oxygens (including phenoxy) is 1. The maximum atomic E-state index is 13.1. The fourth-order valence-corrected chi connectivity index (χ4v) is 5.52. The van der Waals surface area contributed by atoms with Crippen molar-refractivity contribution in [3.8, 4) is 0 Å². The third-order valence-corrected chi connectivity index (χ3v) is 6.80. The molecule has 2 bridgehead atoms. The Hall–Kier alpha value is -1.75. The van der Waals surface area contributed by atoms with Crippen LogP contribution in [0.25, 0.3) is 0 Å². The highest BCUT2D eigenvalue weighted by Crippen LogP contribution is 2.58. The van der Waals surface area contributed by atoms with E-state index in [1.165, 1.54) is 0 Å². The van der Waals surface area contributed by atoms with Gasteiger partial charge in [0.25, 0.3) is 0 Å². The first-order valence-corrected chi connectivity index (χ1v) is 9.49. The van der Waals surface area contributed by atoms with Crippen molar-refractivity contribution in [1.82, 2.24) is 4.90 Å². The Morgan fingerprint density at radius 1 is 1.08 bits per heavy atom. The van der Waals surface area contributed by atoms with Gasteiger partial charge in [-0.2, -0.15) is 0 Å². The predicted molar refractivity (Wildman–Crippen MR) is 93.3 cm³/mol. The van der Waals surface area contributed by atoms with Crippen molar-refractivity contribution in [3.63, 3.8) is 0 Å². The minimum absolute atomic E-state index is 0.0910. The molecule has 2 saturated heterocycles. The lowest BCUT2D eigenvalue weighted by molar-refractivity contribution is -0.148. The van der Waals surface area contributed by atoms with Crippen molar-refractivity contribution in [3.05, 3.63) is 29.3 Å². The van der Waals surface area contributed by atoms with Crippen LogP contribution in [0.3, 0.4) is 0 Å². The minimum atomic E-state index is -0.175. The first-order valence-electron chi connectivity index (χ1n) is 9.11. The van der Waals surface area contributed by atoms with Gasteiger partial charge in [-0.1, -0.05) is 11.6 Å². The van der Waals surface area contributed by atoms with Crippen LogP contribution in [-0.2, 0) is 14.3 Å². The van der Waals surface area contributed by atoms with Crippen LogP contribution in [0.2, 0.25) is 5.02 Å². The van der Waals surface area contributed by atoms with E-state index in [0.717, 1.165) is 36.6 Å². The Morgan fingerprint density at radius 2 is 1.80 bits per heavy atom. The molecule has 1 aromatic rings. The first-order chi connectivity index (χ1) is 12.1. The molecule has 2 saturated carbocycles. The molecule has 0 unspecified atom stereocenters. The van der Waals surface area contributed by atoms with Gasteiger partial charge < -0.3 is 14.5 Å². The van der Waals surface area contributed by atoms with Gasteiger partial charge in [0.2, 0.25) is 5.91 Å². The van der Waals surface area contributed by atoms with Crippen LogP contribution >= 0.6 is 11.6 Å². The molecule has 5 rings (SSSR count). The molecule has 0 aromatic heterocycles. The number of nitrogens with zero attached hydrogens (tertiary/aromatic N) is 2. The van der Waals surface area contributed by atoms with E-state index in [4.69, 9.17) is 16.3 Å². The molecular formula is C19H21ClN2O3. The van der Waals surface area contributed by atoms with Gasteiger partial charge in [0.1, 0.15) is 6.10 Å². The lowest BCUT2D eigenvalue weighted by atomic mass is 9.79. The fourth-order valence-electron chi connectivity index (χ4n) is 5.39. The Bertz CT molecular complexity index is 712. The zero-order valence-corrected chi connectivity index (χ0v) is 14.7. The summed E-state index contributed by atoms with van der Waals surface area (Å²) in [6.45, 7) is 3.04. The number of halogens is 1.